The Bertz CT molecular complexity index is 1280. The van der Waals surface area contributed by atoms with E-state index in [9.17, 15) is 9.59 Å². The third-order valence-electron chi connectivity index (χ3n) is 8.20. The van der Waals surface area contributed by atoms with Gasteiger partial charge in [-0.1, -0.05) is 30.3 Å². The molecule has 0 aliphatic carbocycles. The Balaban J connectivity index is 1.04. The van der Waals surface area contributed by atoms with E-state index in [0.29, 0.717) is 84.7 Å². The van der Waals surface area contributed by atoms with Gasteiger partial charge in [0.15, 0.2) is 5.96 Å². The molecule has 2 fully saturated rings. The SMILES string of the molecule is O=C(CN1CCOCCOCCOCCOCCOCC1)OC[C@@H]1CCN2CC[C@@H](COC(=O)c3ccc4ccccc4c3)NC2=N1. The van der Waals surface area contributed by atoms with Gasteiger partial charge in [-0.2, -0.15) is 0 Å². The number of carbonyl (C=O) groups is 2. The number of guanidine groups is 1. The molecule has 2 atom stereocenters. The van der Waals surface area contributed by atoms with Crippen LogP contribution in [0.15, 0.2) is 47.5 Å². The lowest BCUT2D eigenvalue weighted by Crippen LogP contribution is -2.57. The van der Waals surface area contributed by atoms with Crippen LogP contribution in [0.3, 0.4) is 0 Å². The van der Waals surface area contributed by atoms with Gasteiger partial charge in [0.25, 0.3) is 0 Å². The molecule has 3 heterocycles. The molecule has 13 nitrogen and oxygen atoms in total. The normalized spacial score (nSPS) is 23.0. The Morgan fingerprint density at radius 2 is 1.34 bits per heavy atom. The van der Waals surface area contributed by atoms with Crippen molar-refractivity contribution >= 4 is 28.7 Å². The third kappa shape index (κ3) is 12.0. The van der Waals surface area contributed by atoms with Gasteiger partial charge >= 0.3 is 11.9 Å². The molecular formula is C34H48N4O9. The van der Waals surface area contributed by atoms with Crippen molar-refractivity contribution in [3.05, 3.63) is 48.0 Å². The van der Waals surface area contributed by atoms with E-state index in [4.69, 9.17) is 38.2 Å². The molecular weight excluding hydrogens is 608 g/mol. The summed E-state index contributed by atoms with van der Waals surface area (Å²) in [5.74, 6) is 0.112. The van der Waals surface area contributed by atoms with Crippen molar-refractivity contribution in [3.63, 3.8) is 0 Å². The minimum Gasteiger partial charge on any atom is -0.462 e. The summed E-state index contributed by atoms with van der Waals surface area (Å²) >= 11 is 0. The second kappa shape index (κ2) is 19.5. The van der Waals surface area contributed by atoms with Gasteiger partial charge < -0.3 is 43.4 Å². The van der Waals surface area contributed by atoms with Crippen molar-refractivity contribution in [2.45, 2.75) is 24.9 Å². The first-order valence-corrected chi connectivity index (χ1v) is 16.7. The predicted molar refractivity (Wildman–Crippen MR) is 175 cm³/mol. The molecule has 258 valence electrons. The van der Waals surface area contributed by atoms with E-state index in [2.05, 4.69) is 10.2 Å². The Hall–Kier alpha value is -3.33. The maximum Gasteiger partial charge on any atom is 0.338 e. The second-order valence-corrected chi connectivity index (χ2v) is 11.7. The summed E-state index contributed by atoms with van der Waals surface area (Å²) < 4.78 is 39.2. The molecule has 3 aliphatic rings. The fraction of sp³-hybridized carbons (Fsp3) is 0.618. The van der Waals surface area contributed by atoms with Gasteiger partial charge in [0.2, 0.25) is 0 Å². The molecule has 0 amide bonds. The highest BCUT2D eigenvalue weighted by atomic mass is 16.6. The molecule has 0 spiro atoms. The molecule has 2 aromatic rings. The Labute approximate surface area is 276 Å². The van der Waals surface area contributed by atoms with Crippen LogP contribution in [0.4, 0.5) is 0 Å². The van der Waals surface area contributed by atoms with Crippen molar-refractivity contribution in [2.24, 2.45) is 4.99 Å². The number of nitrogens with zero attached hydrogens (tertiary/aromatic N) is 3. The summed E-state index contributed by atoms with van der Waals surface area (Å²) in [5.41, 5.74) is 0.535. The first-order chi connectivity index (χ1) is 23.1. The van der Waals surface area contributed by atoms with Crippen LogP contribution in [0.25, 0.3) is 10.8 Å². The zero-order chi connectivity index (χ0) is 32.5. The number of esters is 2. The largest absolute Gasteiger partial charge is 0.462 e. The number of benzene rings is 2. The number of aliphatic imine (C=N–C) groups is 1. The maximum absolute atomic E-state index is 12.8. The molecule has 47 heavy (non-hydrogen) atoms. The Morgan fingerprint density at radius 3 is 2.02 bits per heavy atom. The first-order valence-electron chi connectivity index (χ1n) is 16.7. The molecule has 2 aromatic carbocycles. The predicted octanol–water partition coefficient (Wildman–Crippen LogP) is 1.73. The number of hydrogen-bond acceptors (Lipinski definition) is 13. The highest BCUT2D eigenvalue weighted by Crippen LogP contribution is 2.18. The van der Waals surface area contributed by atoms with Crippen molar-refractivity contribution < 1.29 is 42.7 Å². The van der Waals surface area contributed by atoms with Crippen LogP contribution >= 0.6 is 0 Å². The van der Waals surface area contributed by atoms with E-state index in [1.54, 1.807) is 6.07 Å². The van der Waals surface area contributed by atoms with Gasteiger partial charge in [-0.25, -0.2) is 9.79 Å². The van der Waals surface area contributed by atoms with Gasteiger partial charge in [0, 0.05) is 26.2 Å². The number of fused-ring (bicyclic) bond motifs is 2. The highest BCUT2D eigenvalue weighted by molar-refractivity contribution is 5.95. The van der Waals surface area contributed by atoms with Gasteiger partial charge in [-0.05, 0) is 35.7 Å². The van der Waals surface area contributed by atoms with Crippen LogP contribution in [0, 0.1) is 0 Å². The lowest BCUT2D eigenvalue weighted by molar-refractivity contribution is -0.146. The highest BCUT2D eigenvalue weighted by Gasteiger charge is 2.29. The smallest absolute Gasteiger partial charge is 0.338 e. The monoisotopic (exact) mass is 656 g/mol. The van der Waals surface area contributed by atoms with Gasteiger partial charge in [-0.15, -0.1) is 0 Å². The molecule has 1 N–H and O–H groups in total. The van der Waals surface area contributed by atoms with E-state index < -0.39 is 0 Å². The lowest BCUT2D eigenvalue weighted by Gasteiger charge is -2.39. The molecule has 0 radical (unpaired) electrons. The number of carbonyl (C=O) groups excluding carboxylic acids is 2. The van der Waals surface area contributed by atoms with Crippen molar-refractivity contribution in [1.29, 1.82) is 0 Å². The molecule has 0 aromatic heterocycles. The van der Waals surface area contributed by atoms with E-state index in [-0.39, 0.29) is 43.8 Å². The quantitative estimate of drug-likeness (QED) is 0.436. The molecule has 2 saturated heterocycles. The van der Waals surface area contributed by atoms with Crippen LogP contribution in [0.1, 0.15) is 23.2 Å². The second-order valence-electron chi connectivity index (χ2n) is 11.7. The summed E-state index contributed by atoms with van der Waals surface area (Å²) in [4.78, 5) is 34.6. The zero-order valence-corrected chi connectivity index (χ0v) is 27.1. The van der Waals surface area contributed by atoms with E-state index in [1.807, 2.05) is 41.3 Å². The van der Waals surface area contributed by atoms with Crippen LogP contribution in [0.2, 0.25) is 0 Å². The van der Waals surface area contributed by atoms with Crippen molar-refractivity contribution in [1.82, 2.24) is 15.1 Å². The van der Waals surface area contributed by atoms with Crippen LogP contribution in [-0.4, -0.2) is 152 Å². The minimum absolute atomic E-state index is 0.0439. The number of hydrogen-bond donors (Lipinski definition) is 1. The molecule has 5 rings (SSSR count). The summed E-state index contributed by atoms with van der Waals surface area (Å²) in [6.45, 7) is 8.25. The molecule has 13 heteroatoms. The van der Waals surface area contributed by atoms with Crippen LogP contribution < -0.4 is 5.32 Å². The van der Waals surface area contributed by atoms with Crippen molar-refractivity contribution in [2.75, 3.05) is 112 Å². The number of rotatable bonds is 7. The average molecular weight is 657 g/mol. The molecule has 0 unspecified atom stereocenters. The molecule has 3 aliphatic heterocycles. The van der Waals surface area contributed by atoms with Crippen molar-refractivity contribution in [3.8, 4) is 0 Å². The summed E-state index contributed by atoms with van der Waals surface area (Å²) in [6, 6.07) is 13.3. The lowest BCUT2D eigenvalue weighted by atomic mass is 10.1. The zero-order valence-electron chi connectivity index (χ0n) is 27.1. The van der Waals surface area contributed by atoms with Crippen LogP contribution in [0.5, 0.6) is 0 Å². The fourth-order valence-electron chi connectivity index (χ4n) is 5.52. The Morgan fingerprint density at radius 1 is 0.723 bits per heavy atom. The Kier molecular flexibility index (Phi) is 14.5. The van der Waals surface area contributed by atoms with Crippen LogP contribution in [-0.2, 0) is 38.0 Å². The standard InChI is InChI=1S/C34H48N4O9/c39-32(24-37-11-13-41-15-17-43-19-21-45-22-20-44-18-16-42-14-12-37)46-25-30-7-9-38-10-8-31(36-34(38)35-30)26-47-33(40)29-6-5-27-3-1-2-4-28(27)23-29/h1-6,23,30-31H,7-22,24-26H2,(H,35,36)/t30-,31-/m0/s1. The topological polar surface area (TPSA) is 130 Å². The minimum atomic E-state index is -0.341. The summed E-state index contributed by atoms with van der Waals surface area (Å²) in [6.07, 6.45) is 1.63. The molecule has 0 bridgehead atoms. The van der Waals surface area contributed by atoms with E-state index in [1.165, 1.54) is 0 Å². The van der Waals surface area contributed by atoms with Gasteiger partial charge in [0.1, 0.15) is 13.2 Å². The fourth-order valence-corrected chi connectivity index (χ4v) is 5.52. The number of nitrogens with one attached hydrogen (secondary N) is 1. The maximum atomic E-state index is 12.8. The van der Waals surface area contributed by atoms with E-state index in [0.717, 1.165) is 42.7 Å². The summed E-state index contributed by atoms with van der Waals surface area (Å²) in [5, 5.41) is 5.51. The number of ether oxygens (including phenoxy) is 7. The van der Waals surface area contributed by atoms with Gasteiger partial charge in [0.05, 0.1) is 90.3 Å². The molecule has 0 saturated carbocycles. The van der Waals surface area contributed by atoms with E-state index >= 15 is 0 Å². The average Bonchev–Trinajstić information content (AvgIpc) is 3.10. The summed E-state index contributed by atoms with van der Waals surface area (Å²) in [7, 11) is 0. The first kappa shape index (κ1) is 35.0. The van der Waals surface area contributed by atoms with Gasteiger partial charge in [-0.3, -0.25) is 9.69 Å². The third-order valence-corrected chi connectivity index (χ3v) is 8.20.